The van der Waals surface area contributed by atoms with Gasteiger partial charge in [0.1, 0.15) is 0 Å². The summed E-state index contributed by atoms with van der Waals surface area (Å²) in [6.07, 6.45) is 2.35. The minimum atomic E-state index is -0.116. The Morgan fingerprint density at radius 1 is 1.45 bits per heavy atom. The fourth-order valence-electron chi connectivity index (χ4n) is 0.845. The van der Waals surface area contributed by atoms with Gasteiger partial charge in [0.25, 0.3) is 0 Å². The summed E-state index contributed by atoms with van der Waals surface area (Å²) in [5, 5.41) is 0. The van der Waals surface area contributed by atoms with Crippen LogP contribution in [-0.2, 0) is 4.74 Å². The zero-order valence-corrected chi connectivity index (χ0v) is 8.18. The second kappa shape index (κ2) is 4.73. The average molecular weight is 159 g/mol. The highest BCUT2D eigenvalue weighted by Crippen LogP contribution is 2.16. The normalized spacial score (nSPS) is 19.4. The van der Waals surface area contributed by atoms with E-state index in [2.05, 4.69) is 27.7 Å². The maximum Gasteiger partial charge on any atom is 0.0777 e. The molecule has 0 saturated carbocycles. The third-order valence-electron chi connectivity index (χ3n) is 2.24. The first-order valence-electron chi connectivity index (χ1n) is 4.45. The van der Waals surface area contributed by atoms with Crippen molar-refractivity contribution in [2.45, 2.75) is 52.2 Å². The molecule has 0 rings (SSSR count). The lowest BCUT2D eigenvalue weighted by Crippen LogP contribution is -2.39. The molecule has 0 spiro atoms. The summed E-state index contributed by atoms with van der Waals surface area (Å²) in [4.78, 5) is 0. The van der Waals surface area contributed by atoms with E-state index >= 15 is 0 Å². The van der Waals surface area contributed by atoms with Crippen LogP contribution in [0.2, 0.25) is 0 Å². The highest BCUT2D eigenvalue weighted by molar-refractivity contribution is 4.75. The number of hydrogen-bond donors (Lipinski definition) is 1. The summed E-state index contributed by atoms with van der Waals surface area (Å²) in [5.41, 5.74) is 5.48. The first kappa shape index (κ1) is 10.9. The molecular weight excluding hydrogens is 138 g/mol. The SMILES string of the molecule is CCC(C)OC(C)(CC)CN. The molecule has 0 fully saturated rings. The monoisotopic (exact) mass is 159 g/mol. The molecule has 0 aliphatic rings. The third kappa shape index (κ3) is 3.73. The Morgan fingerprint density at radius 3 is 2.27 bits per heavy atom. The van der Waals surface area contributed by atoms with E-state index in [0.717, 1.165) is 12.8 Å². The quantitative estimate of drug-likeness (QED) is 0.665. The standard InChI is InChI=1S/C9H21NO/c1-5-8(3)11-9(4,6-2)7-10/h8H,5-7,10H2,1-4H3. The van der Waals surface area contributed by atoms with Crippen LogP contribution in [0, 0.1) is 0 Å². The summed E-state index contributed by atoms with van der Waals surface area (Å²) >= 11 is 0. The second-order valence-corrected chi connectivity index (χ2v) is 3.34. The van der Waals surface area contributed by atoms with Crippen LogP contribution in [-0.4, -0.2) is 18.2 Å². The zero-order valence-electron chi connectivity index (χ0n) is 8.18. The predicted molar refractivity (Wildman–Crippen MR) is 48.6 cm³/mol. The molecule has 0 aliphatic heterocycles. The van der Waals surface area contributed by atoms with Gasteiger partial charge in [0.2, 0.25) is 0 Å². The van der Waals surface area contributed by atoms with Crippen LogP contribution < -0.4 is 5.73 Å². The van der Waals surface area contributed by atoms with E-state index in [9.17, 15) is 0 Å². The van der Waals surface area contributed by atoms with E-state index in [1.165, 1.54) is 0 Å². The van der Waals surface area contributed by atoms with E-state index in [-0.39, 0.29) is 5.60 Å². The number of rotatable bonds is 5. The van der Waals surface area contributed by atoms with Gasteiger partial charge < -0.3 is 10.5 Å². The summed E-state index contributed by atoms with van der Waals surface area (Å²) in [7, 11) is 0. The third-order valence-corrected chi connectivity index (χ3v) is 2.24. The van der Waals surface area contributed by atoms with E-state index in [0.29, 0.717) is 12.6 Å². The maximum absolute atomic E-state index is 5.76. The molecule has 11 heavy (non-hydrogen) atoms. The van der Waals surface area contributed by atoms with Crippen molar-refractivity contribution in [1.82, 2.24) is 0 Å². The highest BCUT2D eigenvalue weighted by Gasteiger charge is 2.22. The Morgan fingerprint density at radius 2 is 2.00 bits per heavy atom. The van der Waals surface area contributed by atoms with Crippen molar-refractivity contribution >= 4 is 0 Å². The Labute approximate surface area is 70.1 Å². The van der Waals surface area contributed by atoms with Gasteiger partial charge in [0, 0.05) is 6.54 Å². The van der Waals surface area contributed by atoms with Gasteiger partial charge in [-0.2, -0.15) is 0 Å². The molecule has 2 nitrogen and oxygen atoms in total. The number of hydrogen-bond acceptors (Lipinski definition) is 2. The lowest BCUT2D eigenvalue weighted by Gasteiger charge is -2.30. The van der Waals surface area contributed by atoms with Crippen LogP contribution in [0.25, 0.3) is 0 Å². The van der Waals surface area contributed by atoms with Gasteiger partial charge in [-0.3, -0.25) is 0 Å². The zero-order chi connectivity index (χ0) is 8.91. The molecule has 2 unspecified atom stereocenters. The average Bonchev–Trinajstić information content (AvgIpc) is 2.04. The smallest absolute Gasteiger partial charge is 0.0777 e. The molecule has 0 saturated heterocycles. The Balaban J connectivity index is 3.86. The first-order valence-corrected chi connectivity index (χ1v) is 4.45. The van der Waals surface area contributed by atoms with Crippen molar-refractivity contribution in [1.29, 1.82) is 0 Å². The summed E-state index contributed by atoms with van der Waals surface area (Å²) in [6, 6.07) is 0. The van der Waals surface area contributed by atoms with E-state index < -0.39 is 0 Å². The molecule has 2 N–H and O–H groups in total. The van der Waals surface area contributed by atoms with Gasteiger partial charge in [0.15, 0.2) is 0 Å². The van der Waals surface area contributed by atoms with Crippen molar-refractivity contribution in [2.75, 3.05) is 6.54 Å². The molecule has 2 heteroatoms. The van der Waals surface area contributed by atoms with Crippen LogP contribution in [0.15, 0.2) is 0 Å². The molecule has 0 amide bonds. The van der Waals surface area contributed by atoms with Crippen molar-refractivity contribution in [3.63, 3.8) is 0 Å². The first-order chi connectivity index (χ1) is 5.08. The summed E-state index contributed by atoms with van der Waals surface area (Å²) in [6.45, 7) is 8.99. The molecule has 68 valence electrons. The van der Waals surface area contributed by atoms with Crippen molar-refractivity contribution in [3.05, 3.63) is 0 Å². The lowest BCUT2D eigenvalue weighted by molar-refractivity contribution is -0.0723. The fourth-order valence-corrected chi connectivity index (χ4v) is 0.845. The van der Waals surface area contributed by atoms with Crippen LogP contribution >= 0.6 is 0 Å². The van der Waals surface area contributed by atoms with Gasteiger partial charge in [-0.1, -0.05) is 13.8 Å². The van der Waals surface area contributed by atoms with Crippen molar-refractivity contribution in [2.24, 2.45) is 5.73 Å². The topological polar surface area (TPSA) is 35.2 Å². The minimum Gasteiger partial charge on any atom is -0.371 e. The largest absolute Gasteiger partial charge is 0.371 e. The summed E-state index contributed by atoms with van der Waals surface area (Å²) in [5.74, 6) is 0. The molecule has 0 aromatic rings. The second-order valence-electron chi connectivity index (χ2n) is 3.34. The number of nitrogens with two attached hydrogens (primary N) is 1. The molecule has 0 heterocycles. The molecule has 0 aliphatic carbocycles. The van der Waals surface area contributed by atoms with Crippen molar-refractivity contribution in [3.8, 4) is 0 Å². The molecular formula is C9H21NO. The van der Waals surface area contributed by atoms with Crippen LogP contribution in [0.4, 0.5) is 0 Å². The van der Waals surface area contributed by atoms with Crippen molar-refractivity contribution < 1.29 is 4.74 Å². The Bertz CT molecular complexity index is 99.7. The minimum absolute atomic E-state index is 0.116. The van der Waals surface area contributed by atoms with Gasteiger partial charge in [-0.05, 0) is 26.7 Å². The lowest BCUT2D eigenvalue weighted by atomic mass is 10.0. The van der Waals surface area contributed by atoms with Crippen LogP contribution in [0.3, 0.4) is 0 Å². The van der Waals surface area contributed by atoms with E-state index in [1.54, 1.807) is 0 Å². The molecule has 2 atom stereocenters. The fraction of sp³-hybridized carbons (Fsp3) is 1.00. The van der Waals surface area contributed by atoms with Gasteiger partial charge >= 0.3 is 0 Å². The Kier molecular flexibility index (Phi) is 4.69. The van der Waals surface area contributed by atoms with Crippen LogP contribution in [0.1, 0.15) is 40.5 Å². The number of ether oxygens (including phenoxy) is 1. The maximum atomic E-state index is 5.76. The van der Waals surface area contributed by atoms with Gasteiger partial charge in [-0.15, -0.1) is 0 Å². The highest BCUT2D eigenvalue weighted by atomic mass is 16.5. The molecule has 0 aromatic heterocycles. The molecule has 0 radical (unpaired) electrons. The van der Waals surface area contributed by atoms with Gasteiger partial charge in [0.05, 0.1) is 11.7 Å². The molecule has 0 aromatic carbocycles. The Hall–Kier alpha value is -0.0800. The summed E-state index contributed by atoms with van der Waals surface area (Å²) < 4.78 is 5.76. The van der Waals surface area contributed by atoms with E-state index in [4.69, 9.17) is 10.5 Å². The predicted octanol–water partition coefficient (Wildman–Crippen LogP) is 1.93. The van der Waals surface area contributed by atoms with E-state index in [1.807, 2.05) is 0 Å². The van der Waals surface area contributed by atoms with Gasteiger partial charge in [-0.25, -0.2) is 0 Å². The van der Waals surface area contributed by atoms with Crippen LogP contribution in [0.5, 0.6) is 0 Å². The molecule has 0 bridgehead atoms.